The van der Waals surface area contributed by atoms with Gasteiger partial charge in [-0.25, -0.2) is 4.28 Å². The first kappa shape index (κ1) is 14.7. The summed E-state index contributed by atoms with van der Waals surface area (Å²) in [6.45, 7) is 6.93. The molecule has 1 aliphatic carbocycles. The van der Waals surface area contributed by atoms with Crippen LogP contribution in [0.1, 0.15) is 37.8 Å². The van der Waals surface area contributed by atoms with Crippen molar-refractivity contribution in [3.63, 3.8) is 0 Å². The molecule has 4 heteroatoms. The van der Waals surface area contributed by atoms with Gasteiger partial charge in [-0.2, -0.15) is 0 Å². The summed E-state index contributed by atoms with van der Waals surface area (Å²) >= 11 is 3.72. The number of thiol groups is 1. The molecule has 0 aromatic heterocycles. The average molecular weight is 280 g/mol. The lowest BCUT2D eigenvalue weighted by atomic mass is 10.1. The van der Waals surface area contributed by atoms with Crippen LogP contribution in [0.3, 0.4) is 0 Å². The molecule has 1 aliphatic rings. The maximum atomic E-state index is 4.67. The molecule has 19 heavy (non-hydrogen) atoms. The first-order valence-corrected chi connectivity index (χ1v) is 7.57. The molecule has 1 unspecified atom stereocenters. The Morgan fingerprint density at radius 1 is 1.21 bits per heavy atom. The topological polar surface area (TPSA) is 24.5 Å². The quantitative estimate of drug-likeness (QED) is 0.454. The van der Waals surface area contributed by atoms with Crippen molar-refractivity contribution >= 4 is 18.6 Å². The molecule has 0 spiro atoms. The maximum absolute atomic E-state index is 4.67. The number of hydrogen-bond acceptors (Lipinski definition) is 4. The van der Waals surface area contributed by atoms with Crippen LogP contribution in [0.5, 0.6) is 0 Å². The zero-order chi connectivity index (χ0) is 13.7. The van der Waals surface area contributed by atoms with Crippen LogP contribution in [0.4, 0.5) is 5.69 Å². The van der Waals surface area contributed by atoms with E-state index in [1.807, 2.05) is 0 Å². The van der Waals surface area contributed by atoms with Gasteiger partial charge in [0.2, 0.25) is 0 Å². The highest BCUT2D eigenvalue weighted by atomic mass is 32.1. The van der Waals surface area contributed by atoms with E-state index in [1.54, 1.807) is 0 Å². The van der Waals surface area contributed by atoms with Crippen LogP contribution < -0.4 is 5.48 Å². The van der Waals surface area contributed by atoms with Gasteiger partial charge in [0.05, 0.1) is 5.69 Å². The number of hydrogen-bond donors (Lipinski definition) is 2. The highest BCUT2D eigenvalue weighted by Gasteiger charge is 2.26. The van der Waals surface area contributed by atoms with E-state index in [2.05, 4.69) is 59.6 Å². The van der Waals surface area contributed by atoms with Crippen LogP contribution in [0.15, 0.2) is 18.2 Å². The summed E-state index contributed by atoms with van der Waals surface area (Å²) in [5.74, 6) is 0. The van der Waals surface area contributed by atoms with Crippen molar-refractivity contribution in [1.29, 1.82) is 0 Å². The molecule has 0 saturated heterocycles. The van der Waals surface area contributed by atoms with Gasteiger partial charge in [0.1, 0.15) is 0 Å². The minimum absolute atomic E-state index is 0.669. The summed E-state index contributed by atoms with van der Waals surface area (Å²) < 4.78 is 4.67. The molecule has 2 rings (SSSR count). The van der Waals surface area contributed by atoms with Crippen molar-refractivity contribution in [1.82, 2.24) is 4.90 Å². The Morgan fingerprint density at radius 2 is 1.89 bits per heavy atom. The van der Waals surface area contributed by atoms with Gasteiger partial charge in [0.25, 0.3) is 0 Å². The Kier molecular flexibility index (Phi) is 5.55. The molecule has 0 amide bonds. The first-order chi connectivity index (χ1) is 9.28. The Balaban J connectivity index is 2.05. The summed E-state index contributed by atoms with van der Waals surface area (Å²) in [5, 5.41) is 0. The van der Waals surface area contributed by atoms with Crippen molar-refractivity contribution in [2.24, 2.45) is 0 Å². The zero-order valence-electron chi connectivity index (χ0n) is 11.9. The average Bonchev–Trinajstić information content (AvgIpc) is 2.82. The number of nitrogens with one attached hydrogen (secondary N) is 1. The lowest BCUT2D eigenvalue weighted by Gasteiger charge is -2.27. The predicted molar refractivity (Wildman–Crippen MR) is 83.5 cm³/mol. The standard InChI is InChI=1S/C15H24N2OS/c1-3-7-17(8-4-2)15-10-12-5-6-14(16-18-19)9-13(12)11-15/h5-6,9,15-16,19H,3-4,7-8,10-11H2,1-2H3. The van der Waals surface area contributed by atoms with E-state index in [1.165, 1.54) is 43.5 Å². The Bertz CT molecular complexity index is 405. The fourth-order valence-electron chi connectivity index (χ4n) is 3.02. The fraction of sp³-hybridized carbons (Fsp3) is 0.600. The van der Waals surface area contributed by atoms with Gasteiger partial charge >= 0.3 is 0 Å². The van der Waals surface area contributed by atoms with E-state index >= 15 is 0 Å². The van der Waals surface area contributed by atoms with E-state index in [0.717, 1.165) is 12.1 Å². The van der Waals surface area contributed by atoms with E-state index in [4.69, 9.17) is 0 Å². The molecule has 1 aromatic rings. The highest BCUT2D eigenvalue weighted by molar-refractivity contribution is 7.75. The molecule has 0 bridgehead atoms. The Hall–Kier alpha value is -0.710. The molecule has 0 radical (unpaired) electrons. The van der Waals surface area contributed by atoms with Gasteiger partial charge in [-0.1, -0.05) is 19.9 Å². The van der Waals surface area contributed by atoms with Gasteiger partial charge in [0.15, 0.2) is 0 Å². The molecule has 3 nitrogen and oxygen atoms in total. The minimum Gasteiger partial charge on any atom is -0.300 e. The normalized spacial score (nSPS) is 17.8. The van der Waals surface area contributed by atoms with Crippen LogP contribution in [-0.4, -0.2) is 24.0 Å². The molecule has 0 fully saturated rings. The predicted octanol–water partition coefficient (Wildman–Crippen LogP) is 3.46. The largest absolute Gasteiger partial charge is 0.300 e. The Morgan fingerprint density at radius 3 is 2.53 bits per heavy atom. The second-order valence-electron chi connectivity index (χ2n) is 5.27. The fourth-order valence-corrected chi connectivity index (χ4v) is 3.13. The molecule has 1 aromatic carbocycles. The van der Waals surface area contributed by atoms with Crippen molar-refractivity contribution in [3.05, 3.63) is 29.3 Å². The molecule has 1 N–H and O–H groups in total. The molecule has 1 atom stereocenters. The second-order valence-corrected chi connectivity index (χ2v) is 5.46. The number of fused-ring (bicyclic) bond motifs is 1. The van der Waals surface area contributed by atoms with Crippen LogP contribution >= 0.6 is 12.9 Å². The van der Waals surface area contributed by atoms with Gasteiger partial charge in [-0.05, 0) is 62.0 Å². The molecule has 0 aliphatic heterocycles. The smallest absolute Gasteiger partial charge is 0.0619 e. The van der Waals surface area contributed by atoms with Crippen molar-refractivity contribution in [3.8, 4) is 0 Å². The molecular formula is C15H24N2OS. The molecule has 0 heterocycles. The van der Waals surface area contributed by atoms with Crippen LogP contribution in [-0.2, 0) is 17.1 Å². The van der Waals surface area contributed by atoms with Gasteiger partial charge < -0.3 is 0 Å². The van der Waals surface area contributed by atoms with Crippen LogP contribution in [0.2, 0.25) is 0 Å². The van der Waals surface area contributed by atoms with Gasteiger partial charge in [0, 0.05) is 19.0 Å². The number of benzene rings is 1. The highest BCUT2D eigenvalue weighted by Crippen LogP contribution is 2.28. The number of anilines is 1. The summed E-state index contributed by atoms with van der Waals surface area (Å²) in [6, 6.07) is 7.12. The molecule has 106 valence electrons. The third-order valence-corrected chi connectivity index (χ3v) is 3.91. The van der Waals surface area contributed by atoms with Crippen LogP contribution in [0, 0.1) is 0 Å². The summed E-state index contributed by atoms with van der Waals surface area (Å²) in [7, 11) is 0. The SMILES string of the molecule is CCCN(CCC)C1Cc2ccc(NOS)cc2C1. The third-order valence-electron chi connectivity index (χ3n) is 3.82. The zero-order valence-corrected chi connectivity index (χ0v) is 12.7. The monoisotopic (exact) mass is 280 g/mol. The summed E-state index contributed by atoms with van der Waals surface area (Å²) in [4.78, 5) is 2.64. The van der Waals surface area contributed by atoms with Crippen molar-refractivity contribution in [2.45, 2.75) is 45.6 Å². The first-order valence-electron chi connectivity index (χ1n) is 7.20. The minimum atomic E-state index is 0.669. The van der Waals surface area contributed by atoms with Crippen LogP contribution in [0.25, 0.3) is 0 Å². The lowest BCUT2D eigenvalue weighted by molar-refractivity contribution is 0.202. The number of nitrogens with zero attached hydrogens (tertiary/aromatic N) is 1. The second kappa shape index (κ2) is 7.17. The van der Waals surface area contributed by atoms with E-state index in [-0.39, 0.29) is 0 Å². The third kappa shape index (κ3) is 3.65. The van der Waals surface area contributed by atoms with Crippen molar-refractivity contribution in [2.75, 3.05) is 18.6 Å². The number of rotatable bonds is 7. The Labute approximate surface area is 121 Å². The van der Waals surface area contributed by atoms with Gasteiger partial charge in [-0.15, -0.1) is 0 Å². The maximum Gasteiger partial charge on any atom is 0.0619 e. The molecule has 0 saturated carbocycles. The van der Waals surface area contributed by atoms with Gasteiger partial charge in [-0.3, -0.25) is 10.4 Å². The summed E-state index contributed by atoms with van der Waals surface area (Å²) in [6.07, 6.45) is 4.79. The van der Waals surface area contributed by atoms with E-state index in [9.17, 15) is 0 Å². The van der Waals surface area contributed by atoms with E-state index < -0.39 is 0 Å². The summed E-state index contributed by atoms with van der Waals surface area (Å²) in [5.41, 5.74) is 6.68. The van der Waals surface area contributed by atoms with E-state index in [0.29, 0.717) is 6.04 Å². The lowest BCUT2D eigenvalue weighted by Crippen LogP contribution is -2.37. The molecular weight excluding hydrogens is 256 g/mol. The van der Waals surface area contributed by atoms with Crippen molar-refractivity contribution < 1.29 is 4.28 Å².